The molecule has 0 unspecified atom stereocenters. The van der Waals surface area contributed by atoms with Gasteiger partial charge in [0.15, 0.2) is 0 Å². The predicted octanol–water partition coefficient (Wildman–Crippen LogP) is 2.99. The number of esters is 1. The van der Waals surface area contributed by atoms with Crippen molar-refractivity contribution in [2.75, 3.05) is 12.4 Å². The number of halogens is 1. The molecule has 1 aromatic rings. The second-order valence-corrected chi connectivity index (χ2v) is 5.43. The normalized spacial score (nSPS) is 23.4. The van der Waals surface area contributed by atoms with Crippen LogP contribution in [0.4, 0.5) is 5.69 Å². The van der Waals surface area contributed by atoms with Crippen molar-refractivity contribution in [2.45, 2.75) is 31.7 Å². The topological polar surface area (TPSA) is 51.2 Å². The van der Waals surface area contributed by atoms with Gasteiger partial charge in [0.05, 0.1) is 23.2 Å². The van der Waals surface area contributed by atoms with Crippen LogP contribution in [-0.2, 0) is 9.53 Å². The fourth-order valence-corrected chi connectivity index (χ4v) is 2.72. The molecule has 0 aliphatic heterocycles. The average molecular weight is 313 g/mol. The maximum Gasteiger partial charge on any atom is 0.308 e. The van der Waals surface area contributed by atoms with Crippen molar-refractivity contribution < 1.29 is 9.53 Å². The number of anilines is 1. The molecule has 0 atom stereocenters. The van der Waals surface area contributed by atoms with Crippen molar-refractivity contribution in [3.8, 4) is 0 Å². The molecule has 2 rings (SSSR count). The number of nitrogens with zero attached hydrogens (tertiary/aromatic N) is 1. The molecular weight excluding hydrogens is 296 g/mol. The van der Waals surface area contributed by atoms with Gasteiger partial charge < -0.3 is 10.1 Å². The highest BCUT2D eigenvalue weighted by atomic mass is 79.9. The van der Waals surface area contributed by atoms with Crippen LogP contribution in [0.25, 0.3) is 0 Å². The Balaban J connectivity index is 1.87. The largest absolute Gasteiger partial charge is 0.469 e. The molecule has 0 spiro atoms. The number of rotatable bonds is 3. The van der Waals surface area contributed by atoms with Crippen molar-refractivity contribution in [2.24, 2.45) is 5.92 Å². The van der Waals surface area contributed by atoms with E-state index in [-0.39, 0.29) is 11.9 Å². The summed E-state index contributed by atoms with van der Waals surface area (Å²) in [5, 5.41) is 3.49. The van der Waals surface area contributed by atoms with Gasteiger partial charge >= 0.3 is 5.97 Å². The summed E-state index contributed by atoms with van der Waals surface area (Å²) in [4.78, 5) is 15.5. The van der Waals surface area contributed by atoms with Gasteiger partial charge in [0.2, 0.25) is 0 Å². The third-order valence-electron chi connectivity index (χ3n) is 3.39. The maximum atomic E-state index is 11.4. The van der Waals surface area contributed by atoms with Crippen molar-refractivity contribution >= 4 is 27.6 Å². The number of pyridine rings is 1. The molecule has 1 aromatic heterocycles. The number of hydrogen-bond acceptors (Lipinski definition) is 4. The number of hydrogen-bond donors (Lipinski definition) is 1. The Labute approximate surface area is 115 Å². The van der Waals surface area contributed by atoms with Crippen LogP contribution in [0.2, 0.25) is 0 Å². The number of aromatic nitrogens is 1. The lowest BCUT2D eigenvalue weighted by Gasteiger charge is -2.28. The Bertz CT molecular complexity index is 417. The minimum Gasteiger partial charge on any atom is -0.469 e. The number of carbonyl (C=O) groups is 1. The van der Waals surface area contributed by atoms with E-state index >= 15 is 0 Å². The lowest BCUT2D eigenvalue weighted by Crippen LogP contribution is -2.30. The minimum absolute atomic E-state index is 0.0708. The zero-order chi connectivity index (χ0) is 13.0. The fraction of sp³-hybridized carbons (Fsp3) is 0.538. The van der Waals surface area contributed by atoms with Gasteiger partial charge in [0.25, 0.3) is 0 Å². The van der Waals surface area contributed by atoms with Crippen molar-refractivity contribution in [3.63, 3.8) is 0 Å². The van der Waals surface area contributed by atoms with E-state index in [1.54, 1.807) is 12.4 Å². The predicted molar refractivity (Wildman–Crippen MR) is 73.3 cm³/mol. The van der Waals surface area contributed by atoms with E-state index in [0.29, 0.717) is 6.04 Å². The lowest BCUT2D eigenvalue weighted by molar-refractivity contribution is -0.146. The molecular formula is C13H17BrN2O2. The SMILES string of the molecule is COC(=O)C1CCC(Nc2ccncc2Br)CC1. The van der Waals surface area contributed by atoms with Gasteiger partial charge in [-0.1, -0.05) is 0 Å². The summed E-state index contributed by atoms with van der Waals surface area (Å²) in [6.45, 7) is 0. The molecule has 5 heteroatoms. The van der Waals surface area contributed by atoms with Crippen molar-refractivity contribution in [3.05, 3.63) is 22.9 Å². The summed E-state index contributed by atoms with van der Waals surface area (Å²) in [5.41, 5.74) is 1.06. The Morgan fingerprint density at radius 2 is 2.17 bits per heavy atom. The lowest BCUT2D eigenvalue weighted by atomic mass is 9.86. The molecule has 98 valence electrons. The van der Waals surface area contributed by atoms with Crippen molar-refractivity contribution in [1.29, 1.82) is 0 Å². The molecule has 1 aliphatic carbocycles. The molecule has 1 saturated carbocycles. The van der Waals surface area contributed by atoms with Crippen LogP contribution in [0.5, 0.6) is 0 Å². The first kappa shape index (κ1) is 13.3. The molecule has 1 aliphatic rings. The van der Waals surface area contributed by atoms with Crippen LogP contribution in [0.1, 0.15) is 25.7 Å². The van der Waals surface area contributed by atoms with Gasteiger partial charge in [-0.2, -0.15) is 0 Å². The highest BCUT2D eigenvalue weighted by molar-refractivity contribution is 9.10. The molecule has 0 aromatic carbocycles. The highest BCUT2D eigenvalue weighted by Crippen LogP contribution is 2.29. The summed E-state index contributed by atoms with van der Waals surface area (Å²) >= 11 is 3.47. The van der Waals surface area contributed by atoms with Gasteiger partial charge in [-0.25, -0.2) is 0 Å². The minimum atomic E-state index is -0.0708. The van der Waals surface area contributed by atoms with E-state index in [2.05, 4.69) is 26.2 Å². The van der Waals surface area contributed by atoms with Crippen LogP contribution in [0.3, 0.4) is 0 Å². The number of ether oxygens (including phenoxy) is 1. The van der Waals surface area contributed by atoms with Gasteiger partial charge in [-0.05, 0) is 47.7 Å². The quantitative estimate of drug-likeness (QED) is 0.872. The summed E-state index contributed by atoms with van der Waals surface area (Å²) in [5.74, 6) is 0.00692. The molecule has 0 amide bonds. The number of nitrogens with one attached hydrogen (secondary N) is 1. The molecule has 0 radical (unpaired) electrons. The highest BCUT2D eigenvalue weighted by Gasteiger charge is 2.26. The van der Waals surface area contributed by atoms with Crippen LogP contribution in [0, 0.1) is 5.92 Å². The summed E-state index contributed by atoms with van der Waals surface area (Å²) in [6.07, 6.45) is 7.33. The summed E-state index contributed by atoms with van der Waals surface area (Å²) in [7, 11) is 1.46. The second kappa shape index (κ2) is 6.18. The molecule has 0 bridgehead atoms. The van der Waals surface area contributed by atoms with Crippen LogP contribution in [0.15, 0.2) is 22.9 Å². The van der Waals surface area contributed by atoms with E-state index in [4.69, 9.17) is 4.74 Å². The fourth-order valence-electron chi connectivity index (χ4n) is 2.35. The molecule has 1 N–H and O–H groups in total. The van der Waals surface area contributed by atoms with E-state index in [9.17, 15) is 4.79 Å². The zero-order valence-corrected chi connectivity index (χ0v) is 11.9. The summed E-state index contributed by atoms with van der Waals surface area (Å²) < 4.78 is 5.76. The van der Waals surface area contributed by atoms with Gasteiger partial charge in [-0.15, -0.1) is 0 Å². The standard InChI is InChI=1S/C13H17BrN2O2/c1-18-13(17)9-2-4-10(5-3-9)16-12-6-7-15-8-11(12)14/h6-10H,2-5H2,1H3,(H,15,16). The number of methoxy groups -OCH3 is 1. The molecule has 1 fully saturated rings. The molecule has 18 heavy (non-hydrogen) atoms. The monoisotopic (exact) mass is 312 g/mol. The number of carbonyl (C=O) groups excluding carboxylic acids is 1. The van der Waals surface area contributed by atoms with Crippen LogP contribution < -0.4 is 5.32 Å². The Kier molecular flexibility index (Phi) is 4.58. The second-order valence-electron chi connectivity index (χ2n) is 4.57. The van der Waals surface area contributed by atoms with E-state index in [1.807, 2.05) is 6.07 Å². The molecule has 1 heterocycles. The molecule has 4 nitrogen and oxygen atoms in total. The van der Waals surface area contributed by atoms with Crippen LogP contribution in [-0.4, -0.2) is 24.1 Å². The zero-order valence-electron chi connectivity index (χ0n) is 10.4. The summed E-state index contributed by atoms with van der Waals surface area (Å²) in [6, 6.07) is 2.38. The Morgan fingerprint density at radius 3 is 2.78 bits per heavy atom. The molecule has 0 saturated heterocycles. The average Bonchev–Trinajstić information content (AvgIpc) is 2.41. The first-order valence-electron chi connectivity index (χ1n) is 6.14. The van der Waals surface area contributed by atoms with E-state index < -0.39 is 0 Å². The van der Waals surface area contributed by atoms with E-state index in [1.165, 1.54) is 7.11 Å². The van der Waals surface area contributed by atoms with Gasteiger partial charge in [-0.3, -0.25) is 9.78 Å². The smallest absolute Gasteiger partial charge is 0.308 e. The Morgan fingerprint density at radius 1 is 1.44 bits per heavy atom. The van der Waals surface area contributed by atoms with Gasteiger partial charge in [0.1, 0.15) is 0 Å². The maximum absolute atomic E-state index is 11.4. The Hall–Kier alpha value is -1.10. The van der Waals surface area contributed by atoms with Crippen molar-refractivity contribution in [1.82, 2.24) is 4.98 Å². The van der Waals surface area contributed by atoms with E-state index in [0.717, 1.165) is 35.8 Å². The van der Waals surface area contributed by atoms with Gasteiger partial charge in [0, 0.05) is 18.4 Å². The third kappa shape index (κ3) is 3.22. The third-order valence-corrected chi connectivity index (χ3v) is 4.03. The first-order chi connectivity index (χ1) is 8.70. The van der Waals surface area contributed by atoms with Crippen LogP contribution >= 0.6 is 15.9 Å². The first-order valence-corrected chi connectivity index (χ1v) is 6.94.